The largest absolute Gasteiger partial charge is 0.372 e. The Balaban J connectivity index is 2.26. The molecule has 1 aromatic rings. The van der Waals surface area contributed by atoms with Gasteiger partial charge in [-0.15, -0.1) is 0 Å². The number of carbonyl (C=O) groups is 1. The fourth-order valence-corrected chi connectivity index (χ4v) is 2.82. The van der Waals surface area contributed by atoms with E-state index in [-0.39, 0.29) is 18.1 Å². The van der Waals surface area contributed by atoms with E-state index in [0.717, 1.165) is 23.5 Å². The molecule has 1 amide bonds. The van der Waals surface area contributed by atoms with Crippen molar-refractivity contribution in [2.45, 2.75) is 53.4 Å². The number of hydrogen-bond acceptors (Lipinski definition) is 3. The third kappa shape index (κ3) is 2.66. The summed E-state index contributed by atoms with van der Waals surface area (Å²) in [5.74, 6) is 0.0803. The van der Waals surface area contributed by atoms with Gasteiger partial charge in [-0.05, 0) is 34.6 Å². The minimum Gasteiger partial charge on any atom is -0.372 e. The van der Waals surface area contributed by atoms with Crippen LogP contribution < -0.4 is 0 Å². The van der Waals surface area contributed by atoms with Crippen LogP contribution in [0.1, 0.15) is 42.5 Å². The number of nitrogens with zero attached hydrogens (tertiary/aromatic N) is 3. The van der Waals surface area contributed by atoms with Gasteiger partial charge >= 0.3 is 0 Å². The average Bonchev–Trinajstić information content (AvgIpc) is 2.62. The maximum Gasteiger partial charge on any atom is 0.257 e. The van der Waals surface area contributed by atoms with Gasteiger partial charge in [-0.2, -0.15) is 5.10 Å². The number of ether oxygens (including phenoxy) is 1. The Kier molecular flexibility index (Phi) is 3.94. The standard InChI is InChI=1S/C14H23N3O2/c1-6-17-12(5)13(11(4)15-17)14(18)16-7-9(2)19-10(3)8-16/h9-10H,6-8H2,1-5H3/t9-,10+. The SMILES string of the molecule is CCn1nc(C)c(C(=O)N2C[C@@H](C)O[C@@H](C)C2)c1C. The van der Waals surface area contributed by atoms with E-state index in [2.05, 4.69) is 5.10 Å². The summed E-state index contributed by atoms with van der Waals surface area (Å²) in [5, 5.41) is 4.42. The molecule has 0 aromatic carbocycles. The van der Waals surface area contributed by atoms with Crippen LogP contribution in [-0.2, 0) is 11.3 Å². The Labute approximate surface area is 114 Å². The molecule has 1 aliphatic heterocycles. The number of aromatic nitrogens is 2. The van der Waals surface area contributed by atoms with Crippen LogP contribution in [0.4, 0.5) is 0 Å². The highest BCUT2D eigenvalue weighted by Crippen LogP contribution is 2.19. The molecule has 0 unspecified atom stereocenters. The molecule has 19 heavy (non-hydrogen) atoms. The molecule has 0 saturated carbocycles. The van der Waals surface area contributed by atoms with Crippen LogP contribution in [0.2, 0.25) is 0 Å². The van der Waals surface area contributed by atoms with Gasteiger partial charge in [0.15, 0.2) is 0 Å². The first kappa shape index (κ1) is 14.1. The highest BCUT2D eigenvalue weighted by molar-refractivity contribution is 5.96. The van der Waals surface area contributed by atoms with E-state index in [1.165, 1.54) is 0 Å². The van der Waals surface area contributed by atoms with Crippen molar-refractivity contribution in [3.8, 4) is 0 Å². The summed E-state index contributed by atoms with van der Waals surface area (Å²) in [6, 6.07) is 0. The lowest BCUT2D eigenvalue weighted by molar-refractivity contribution is -0.0586. The normalized spacial score (nSPS) is 23.7. The second-order valence-corrected chi connectivity index (χ2v) is 5.33. The quantitative estimate of drug-likeness (QED) is 0.818. The van der Waals surface area contributed by atoms with Gasteiger partial charge < -0.3 is 9.64 Å². The highest BCUT2D eigenvalue weighted by Gasteiger charge is 2.29. The summed E-state index contributed by atoms with van der Waals surface area (Å²) in [6.07, 6.45) is 0.184. The zero-order valence-corrected chi connectivity index (χ0v) is 12.4. The third-order valence-corrected chi connectivity index (χ3v) is 3.60. The Morgan fingerprint density at radius 1 is 1.32 bits per heavy atom. The smallest absolute Gasteiger partial charge is 0.257 e. The van der Waals surface area contributed by atoms with E-state index in [0.29, 0.717) is 13.1 Å². The Morgan fingerprint density at radius 2 is 1.89 bits per heavy atom. The molecule has 2 heterocycles. The molecule has 0 bridgehead atoms. The van der Waals surface area contributed by atoms with Crippen LogP contribution in [0.3, 0.4) is 0 Å². The van der Waals surface area contributed by atoms with E-state index in [1.54, 1.807) is 0 Å². The molecule has 2 atom stereocenters. The van der Waals surface area contributed by atoms with Crippen LogP contribution in [0, 0.1) is 13.8 Å². The van der Waals surface area contributed by atoms with Crippen LogP contribution in [0.15, 0.2) is 0 Å². The molecule has 1 aromatic heterocycles. The van der Waals surface area contributed by atoms with Crippen molar-refractivity contribution in [2.75, 3.05) is 13.1 Å². The van der Waals surface area contributed by atoms with Crippen molar-refractivity contribution in [1.82, 2.24) is 14.7 Å². The van der Waals surface area contributed by atoms with Crippen LogP contribution in [0.25, 0.3) is 0 Å². The van der Waals surface area contributed by atoms with Crippen LogP contribution in [0.5, 0.6) is 0 Å². The Hall–Kier alpha value is -1.36. The van der Waals surface area contributed by atoms with Crippen molar-refractivity contribution in [3.05, 3.63) is 17.0 Å². The molecule has 2 rings (SSSR count). The summed E-state index contributed by atoms with van der Waals surface area (Å²) in [5.41, 5.74) is 2.52. The van der Waals surface area contributed by atoms with Crippen molar-refractivity contribution >= 4 is 5.91 Å². The molecule has 106 valence electrons. The topological polar surface area (TPSA) is 47.4 Å². The monoisotopic (exact) mass is 265 g/mol. The Morgan fingerprint density at radius 3 is 2.37 bits per heavy atom. The summed E-state index contributed by atoms with van der Waals surface area (Å²) in [7, 11) is 0. The zero-order valence-electron chi connectivity index (χ0n) is 12.4. The van der Waals surface area contributed by atoms with Crippen molar-refractivity contribution in [3.63, 3.8) is 0 Å². The average molecular weight is 265 g/mol. The van der Waals surface area contributed by atoms with Crippen molar-refractivity contribution in [1.29, 1.82) is 0 Å². The number of carbonyl (C=O) groups excluding carboxylic acids is 1. The maximum absolute atomic E-state index is 12.7. The molecular formula is C14H23N3O2. The first-order valence-electron chi connectivity index (χ1n) is 6.92. The lowest BCUT2D eigenvalue weighted by atomic mass is 10.1. The number of morpholine rings is 1. The predicted octanol–water partition coefficient (Wildman–Crippen LogP) is 1.77. The molecule has 1 aliphatic rings. The summed E-state index contributed by atoms with van der Waals surface area (Å²) < 4.78 is 7.56. The lowest BCUT2D eigenvalue weighted by Crippen LogP contribution is -2.48. The van der Waals surface area contributed by atoms with Gasteiger partial charge in [-0.25, -0.2) is 0 Å². The van der Waals surface area contributed by atoms with Crippen LogP contribution >= 0.6 is 0 Å². The third-order valence-electron chi connectivity index (χ3n) is 3.60. The number of rotatable bonds is 2. The molecule has 5 nitrogen and oxygen atoms in total. The predicted molar refractivity (Wildman–Crippen MR) is 73.3 cm³/mol. The van der Waals surface area contributed by atoms with Gasteiger partial charge in [-0.1, -0.05) is 0 Å². The summed E-state index contributed by atoms with van der Waals surface area (Å²) in [4.78, 5) is 14.6. The molecule has 1 fully saturated rings. The fourth-order valence-electron chi connectivity index (χ4n) is 2.82. The van der Waals surface area contributed by atoms with E-state index in [9.17, 15) is 4.79 Å². The molecule has 1 saturated heterocycles. The molecular weight excluding hydrogens is 242 g/mol. The first-order chi connectivity index (χ1) is 8.93. The van der Waals surface area contributed by atoms with E-state index in [1.807, 2.05) is 44.2 Å². The molecule has 0 radical (unpaired) electrons. The number of hydrogen-bond donors (Lipinski definition) is 0. The fraction of sp³-hybridized carbons (Fsp3) is 0.714. The number of aryl methyl sites for hydroxylation is 2. The molecule has 0 spiro atoms. The minimum absolute atomic E-state index is 0.0803. The van der Waals surface area contributed by atoms with Crippen molar-refractivity contribution in [2.24, 2.45) is 0 Å². The maximum atomic E-state index is 12.7. The zero-order chi connectivity index (χ0) is 14.2. The Bertz CT molecular complexity index is 471. The number of amides is 1. The molecule has 0 aliphatic carbocycles. The molecule has 0 N–H and O–H groups in total. The van der Waals surface area contributed by atoms with E-state index >= 15 is 0 Å². The summed E-state index contributed by atoms with van der Waals surface area (Å²) in [6.45, 7) is 12.0. The van der Waals surface area contributed by atoms with E-state index in [4.69, 9.17) is 4.74 Å². The van der Waals surface area contributed by atoms with Crippen molar-refractivity contribution < 1.29 is 9.53 Å². The van der Waals surface area contributed by atoms with Gasteiger partial charge in [-0.3, -0.25) is 9.48 Å². The van der Waals surface area contributed by atoms with Crippen LogP contribution in [-0.4, -0.2) is 45.9 Å². The minimum atomic E-state index is 0.0803. The molecule has 5 heteroatoms. The van der Waals surface area contributed by atoms with E-state index < -0.39 is 0 Å². The van der Waals surface area contributed by atoms with Gasteiger partial charge in [0.05, 0.1) is 23.5 Å². The second-order valence-electron chi connectivity index (χ2n) is 5.33. The second kappa shape index (κ2) is 5.33. The van der Waals surface area contributed by atoms with Gasteiger partial charge in [0.1, 0.15) is 0 Å². The first-order valence-corrected chi connectivity index (χ1v) is 6.92. The van der Waals surface area contributed by atoms with Gasteiger partial charge in [0.2, 0.25) is 0 Å². The van der Waals surface area contributed by atoms with Gasteiger partial charge in [0.25, 0.3) is 5.91 Å². The lowest BCUT2D eigenvalue weighted by Gasteiger charge is -2.35. The van der Waals surface area contributed by atoms with Gasteiger partial charge in [0, 0.05) is 25.3 Å². The summed E-state index contributed by atoms with van der Waals surface area (Å²) >= 11 is 0. The highest BCUT2D eigenvalue weighted by atomic mass is 16.5.